The average molecular weight is 1390 g/mol. The topological polar surface area (TPSA) is 274 Å². The van der Waals surface area contributed by atoms with E-state index < -0.39 is 82.6 Å². The fourth-order valence-electron chi connectivity index (χ4n) is 8.58. The van der Waals surface area contributed by atoms with Crippen LogP contribution in [0, 0.1) is 40.7 Å². The Morgan fingerprint density at radius 3 is 1.32 bits per heavy atom. The highest BCUT2D eigenvalue weighted by molar-refractivity contribution is 7.92. The molecule has 11 aromatic rings. The number of rotatable bonds is 14. The minimum Gasteiger partial charge on any atom is -0.495 e. The van der Waals surface area contributed by atoms with E-state index >= 15 is 8.78 Å². The van der Waals surface area contributed by atoms with Gasteiger partial charge >= 0.3 is 10.1 Å². The molecule has 0 amide bonds. The number of nitrogens with zero attached hydrogens (tertiary/aromatic N) is 8. The maximum absolute atomic E-state index is 15.5. The SMILES string of the molecule is COc1cc(-c2cnc(OC)c(Cl)c2)c(F)cc1-n1c(=O)ccc2cc(S(=O)(=O)Nc3ncccn3)ccc21.COc1cc(-c2cnc(OC)c(Cl)c2)c(F)cc1-n1c(=O)ccc2cc(S(=O)(=O)Oc3c(F)c(F)c(F)c(F)c3F)ccc21.Nc1ncccn1.P.P. The van der Waals surface area contributed by atoms with Gasteiger partial charge in [0.1, 0.15) is 38.1 Å². The zero-order valence-corrected chi connectivity index (χ0v) is 53.6. The molecule has 0 bridgehead atoms. The molecule has 0 radical (unpaired) electrons. The minimum atomic E-state index is -5.18. The number of pyridine rings is 4. The molecule has 92 heavy (non-hydrogen) atoms. The molecule has 0 saturated heterocycles. The Balaban J connectivity index is 0.000000232. The van der Waals surface area contributed by atoms with Crippen LogP contribution in [-0.4, -0.2) is 84.3 Å². The summed E-state index contributed by atoms with van der Waals surface area (Å²) in [6, 6.07) is 23.0. The monoisotopic (exact) mass is 1390 g/mol. The molecule has 0 aliphatic rings. The van der Waals surface area contributed by atoms with Gasteiger partial charge in [-0.05, 0) is 84.9 Å². The molecular formula is C58H45Cl2F7N10O11P2S2. The predicted octanol–water partition coefficient (Wildman–Crippen LogP) is 11.0. The van der Waals surface area contributed by atoms with Crippen molar-refractivity contribution in [1.29, 1.82) is 0 Å². The fraction of sp³-hybridized carbons (Fsp3) is 0.0690. The number of fused-ring (bicyclic) bond motifs is 2. The summed E-state index contributed by atoms with van der Waals surface area (Å²) in [5.74, 6) is -15.1. The number of aromatic nitrogens is 8. The number of halogens is 9. The van der Waals surface area contributed by atoms with E-state index in [9.17, 15) is 48.4 Å². The first-order chi connectivity index (χ1) is 42.9. The van der Waals surface area contributed by atoms with Crippen LogP contribution >= 0.6 is 43.0 Å². The zero-order chi connectivity index (χ0) is 64.9. The van der Waals surface area contributed by atoms with Crippen LogP contribution in [0.15, 0.2) is 166 Å². The molecule has 0 aliphatic heterocycles. The maximum Gasteiger partial charge on any atom is 0.339 e. The van der Waals surface area contributed by atoms with Crippen molar-refractivity contribution < 1.29 is 70.7 Å². The lowest BCUT2D eigenvalue weighted by Crippen LogP contribution is -2.19. The number of hydrogen-bond donors (Lipinski definition) is 2. The summed E-state index contributed by atoms with van der Waals surface area (Å²) in [5, 5.41) is 0.725. The lowest BCUT2D eigenvalue weighted by atomic mass is 10.1. The van der Waals surface area contributed by atoms with Gasteiger partial charge in [-0.3, -0.25) is 18.7 Å². The number of ether oxygens (including phenoxy) is 4. The van der Waals surface area contributed by atoms with Crippen molar-refractivity contribution in [2.24, 2.45) is 0 Å². The Labute approximate surface area is 533 Å². The Morgan fingerprint density at radius 1 is 0.500 bits per heavy atom. The van der Waals surface area contributed by atoms with Gasteiger partial charge in [-0.15, -0.1) is 0 Å². The second kappa shape index (κ2) is 29.1. The number of nitrogens with two attached hydrogens (primary N) is 1. The summed E-state index contributed by atoms with van der Waals surface area (Å²) < 4.78 is 181. The summed E-state index contributed by atoms with van der Waals surface area (Å²) in [7, 11) is -3.79. The molecule has 0 fully saturated rings. The van der Waals surface area contributed by atoms with Gasteiger partial charge < -0.3 is 28.9 Å². The number of nitrogens with one attached hydrogen (secondary N) is 1. The molecule has 5 aromatic carbocycles. The Hall–Kier alpha value is -9.57. The van der Waals surface area contributed by atoms with Crippen molar-refractivity contribution in [2.45, 2.75) is 9.79 Å². The number of benzene rings is 5. The van der Waals surface area contributed by atoms with E-state index in [0.29, 0.717) is 22.4 Å². The summed E-state index contributed by atoms with van der Waals surface area (Å²) in [4.78, 5) is 48.3. The lowest BCUT2D eigenvalue weighted by molar-refractivity contribution is 0.346. The van der Waals surface area contributed by atoms with Gasteiger partial charge in [0, 0.05) is 94.5 Å². The van der Waals surface area contributed by atoms with Gasteiger partial charge in [0.25, 0.3) is 21.1 Å². The molecule has 0 saturated carbocycles. The van der Waals surface area contributed by atoms with Crippen molar-refractivity contribution in [1.82, 2.24) is 39.0 Å². The van der Waals surface area contributed by atoms with Gasteiger partial charge in [-0.25, -0.2) is 65.0 Å². The van der Waals surface area contributed by atoms with Crippen LogP contribution in [0.3, 0.4) is 0 Å². The largest absolute Gasteiger partial charge is 0.495 e. The highest BCUT2D eigenvalue weighted by Crippen LogP contribution is 2.39. The highest BCUT2D eigenvalue weighted by Gasteiger charge is 2.32. The average Bonchev–Trinajstić information content (AvgIpc) is 0.775. The van der Waals surface area contributed by atoms with Crippen LogP contribution in [0.2, 0.25) is 10.0 Å². The summed E-state index contributed by atoms with van der Waals surface area (Å²) >= 11 is 12.3. The maximum atomic E-state index is 15.5. The van der Waals surface area contributed by atoms with Crippen molar-refractivity contribution in [3.8, 4) is 62.6 Å². The van der Waals surface area contributed by atoms with Crippen molar-refractivity contribution in [3.05, 3.63) is 218 Å². The predicted molar refractivity (Wildman–Crippen MR) is 337 cm³/mol. The third-order valence-electron chi connectivity index (χ3n) is 12.7. The van der Waals surface area contributed by atoms with E-state index in [4.69, 9.17) is 47.9 Å². The summed E-state index contributed by atoms with van der Waals surface area (Å²) in [6.07, 6.45) is 8.72. The van der Waals surface area contributed by atoms with Gasteiger partial charge in [-0.2, -0.15) is 37.0 Å². The lowest BCUT2D eigenvalue weighted by Gasteiger charge is -2.17. The number of sulfonamides is 1. The minimum absolute atomic E-state index is 0. The Bertz CT molecular complexity index is 4960. The number of hydrogen-bond acceptors (Lipinski definition) is 18. The molecule has 6 heterocycles. The number of methoxy groups -OCH3 is 4. The molecule has 21 nitrogen and oxygen atoms in total. The van der Waals surface area contributed by atoms with Crippen LogP contribution in [0.5, 0.6) is 29.0 Å². The Kier molecular flexibility index (Phi) is 22.1. The summed E-state index contributed by atoms with van der Waals surface area (Å²) in [6.45, 7) is 0. The van der Waals surface area contributed by atoms with Gasteiger partial charge in [0.05, 0.1) is 55.7 Å². The van der Waals surface area contributed by atoms with Crippen LogP contribution < -0.4 is 44.7 Å². The molecule has 478 valence electrons. The van der Waals surface area contributed by atoms with E-state index in [-0.39, 0.29) is 103 Å². The number of anilines is 2. The van der Waals surface area contributed by atoms with Crippen molar-refractivity contribution >= 4 is 96.8 Å². The van der Waals surface area contributed by atoms with E-state index in [1.807, 2.05) is 0 Å². The molecule has 34 heteroatoms. The first kappa shape index (κ1) is 69.9. The molecule has 2 atom stereocenters. The first-order valence-electron chi connectivity index (χ1n) is 25.2. The van der Waals surface area contributed by atoms with Crippen LogP contribution in [0.1, 0.15) is 0 Å². The third kappa shape index (κ3) is 14.6. The normalized spacial score (nSPS) is 11.0. The second-order valence-corrected chi connectivity index (χ2v) is 22.2. The molecular weight excluding hydrogens is 1340 g/mol. The molecule has 0 spiro atoms. The van der Waals surface area contributed by atoms with Gasteiger partial charge in [-0.1, -0.05) is 23.2 Å². The zero-order valence-electron chi connectivity index (χ0n) is 47.6. The van der Waals surface area contributed by atoms with Gasteiger partial charge in [0.2, 0.25) is 58.5 Å². The molecule has 11 rings (SSSR count). The van der Waals surface area contributed by atoms with E-state index in [1.165, 1.54) is 118 Å². The van der Waals surface area contributed by atoms with Crippen molar-refractivity contribution in [3.63, 3.8) is 0 Å². The number of nitrogen functional groups attached to an aromatic ring is 1. The van der Waals surface area contributed by atoms with Crippen LogP contribution in [-0.2, 0) is 20.1 Å². The van der Waals surface area contributed by atoms with E-state index in [0.717, 1.165) is 41.0 Å². The molecule has 3 N–H and O–H groups in total. The van der Waals surface area contributed by atoms with Crippen molar-refractivity contribution in [2.75, 3.05) is 38.9 Å². The smallest absolute Gasteiger partial charge is 0.339 e. The third-order valence-corrected chi connectivity index (χ3v) is 15.8. The fourth-order valence-corrected chi connectivity index (χ4v) is 11.0. The van der Waals surface area contributed by atoms with Crippen LogP contribution in [0.4, 0.5) is 42.6 Å². The standard InChI is InChI=1S/C28H15ClF6N2O6S.C26H19ClFN5O5S.C4H5N3.2H3P/c1-41-20-9-15(13-8-16(29)28(42-2)36-11-13)17(30)10-19(20)37-18-5-4-14(7-12(18)3-6-21(37)38)44(39,40)43-27-25(34)23(32)22(31)24(33)26(27)35;1-37-23-12-18(16-11-19(27)25(38-2)31-14-16)20(28)13-22(23)33-21-6-5-17(10-15(21)4-7-24(33)34)39(35,36)32-26-29-8-3-9-30-26;5-4-6-2-1-3-7-4;;/h3-11H,1-2H3;3-14H,1-2H3,(H,29,30,32);1-3H,(H2,5,6,7);2*1H3. The van der Waals surface area contributed by atoms with E-state index in [1.54, 1.807) is 24.5 Å². The summed E-state index contributed by atoms with van der Waals surface area (Å²) in [5.41, 5.74) is 5.13. The Morgan fingerprint density at radius 2 is 0.913 bits per heavy atom. The second-order valence-electron chi connectivity index (χ2n) is 18.1. The van der Waals surface area contributed by atoms with Gasteiger partial charge in [0.15, 0.2) is 0 Å². The first-order valence-corrected chi connectivity index (χ1v) is 28.8. The molecule has 2 unspecified atom stereocenters. The quantitative estimate of drug-likeness (QED) is 0.0336. The molecule has 0 aliphatic carbocycles. The van der Waals surface area contributed by atoms with E-state index in [2.05, 4.69) is 38.8 Å². The van der Waals surface area contributed by atoms with Crippen LogP contribution in [0.25, 0.3) is 55.4 Å². The highest BCUT2D eigenvalue weighted by atomic mass is 35.5. The molecule has 6 aromatic heterocycles.